The molecule has 0 fully saturated rings. The molecule has 0 atom stereocenters. The number of ether oxygens (including phenoxy) is 1. The van der Waals surface area contributed by atoms with E-state index in [-0.39, 0.29) is 12.8 Å². The van der Waals surface area contributed by atoms with Gasteiger partial charge in [0.2, 0.25) is 0 Å². The number of carbonyl (C=O) groups excluding carboxylic acids is 2. The van der Waals surface area contributed by atoms with Crippen LogP contribution in [0.1, 0.15) is 11.4 Å². The third-order valence-corrected chi connectivity index (χ3v) is 2.22. The lowest BCUT2D eigenvalue weighted by molar-refractivity contribution is -0.158. The van der Waals surface area contributed by atoms with Gasteiger partial charge in [0.15, 0.2) is 0 Å². The van der Waals surface area contributed by atoms with Crippen molar-refractivity contribution < 1.29 is 14.3 Å². The summed E-state index contributed by atoms with van der Waals surface area (Å²) >= 11 is 0. The molecule has 0 unspecified atom stereocenters. The van der Waals surface area contributed by atoms with Crippen LogP contribution in [0.2, 0.25) is 0 Å². The topological polar surface area (TPSA) is 75.0 Å². The number of esters is 2. The highest BCUT2D eigenvalue weighted by Gasteiger charge is 2.12. The summed E-state index contributed by atoms with van der Waals surface area (Å²) in [6, 6.07) is 7.08. The standard InChI is InChI=1S/C12H12N2O3/c15-11(7-9-3-1-5-13-9)17-12(16)8-10-4-2-6-14-10/h1-6,13-14H,7-8H2. The number of rotatable bonds is 4. The summed E-state index contributed by atoms with van der Waals surface area (Å²) in [5.74, 6) is -1.10. The van der Waals surface area contributed by atoms with Crippen molar-refractivity contribution >= 4 is 11.9 Å². The fourth-order valence-electron chi connectivity index (χ4n) is 1.47. The van der Waals surface area contributed by atoms with Crippen LogP contribution < -0.4 is 0 Å². The van der Waals surface area contributed by atoms with Gasteiger partial charge in [-0.2, -0.15) is 0 Å². The quantitative estimate of drug-likeness (QED) is 0.614. The van der Waals surface area contributed by atoms with Gasteiger partial charge in [-0.05, 0) is 24.3 Å². The van der Waals surface area contributed by atoms with E-state index < -0.39 is 11.9 Å². The second-order valence-corrected chi connectivity index (χ2v) is 3.59. The first kappa shape index (κ1) is 11.2. The second kappa shape index (κ2) is 5.16. The molecule has 88 valence electrons. The largest absolute Gasteiger partial charge is 0.393 e. The molecule has 0 spiro atoms. The number of H-pyrrole nitrogens is 2. The van der Waals surface area contributed by atoms with Crippen molar-refractivity contribution in [1.82, 2.24) is 9.97 Å². The molecule has 0 aromatic carbocycles. The summed E-state index contributed by atoms with van der Waals surface area (Å²) in [6.07, 6.45) is 3.57. The van der Waals surface area contributed by atoms with Gasteiger partial charge in [-0.15, -0.1) is 0 Å². The van der Waals surface area contributed by atoms with Gasteiger partial charge in [0.05, 0.1) is 12.8 Å². The van der Waals surface area contributed by atoms with Crippen molar-refractivity contribution in [3.63, 3.8) is 0 Å². The minimum atomic E-state index is -0.552. The summed E-state index contributed by atoms with van der Waals surface area (Å²) in [5, 5.41) is 0. The number of hydrogen-bond donors (Lipinski definition) is 2. The van der Waals surface area contributed by atoms with E-state index in [1.165, 1.54) is 0 Å². The first-order valence-corrected chi connectivity index (χ1v) is 5.22. The fourth-order valence-corrected chi connectivity index (χ4v) is 1.47. The average molecular weight is 232 g/mol. The summed E-state index contributed by atoms with van der Waals surface area (Å²) < 4.78 is 4.68. The number of carbonyl (C=O) groups is 2. The van der Waals surface area contributed by atoms with Crippen molar-refractivity contribution in [3.8, 4) is 0 Å². The third-order valence-electron chi connectivity index (χ3n) is 2.22. The third kappa shape index (κ3) is 3.34. The van der Waals surface area contributed by atoms with Gasteiger partial charge >= 0.3 is 11.9 Å². The molecule has 2 N–H and O–H groups in total. The summed E-state index contributed by atoms with van der Waals surface area (Å²) in [4.78, 5) is 28.5. The smallest absolute Gasteiger partial charge is 0.319 e. The second-order valence-electron chi connectivity index (χ2n) is 3.59. The van der Waals surface area contributed by atoms with Crippen molar-refractivity contribution in [1.29, 1.82) is 0 Å². The maximum Gasteiger partial charge on any atom is 0.319 e. The van der Waals surface area contributed by atoms with Crippen LogP contribution in [0.15, 0.2) is 36.7 Å². The Kier molecular flexibility index (Phi) is 3.40. The lowest BCUT2D eigenvalue weighted by Crippen LogP contribution is -2.16. The van der Waals surface area contributed by atoms with Gasteiger partial charge in [-0.25, -0.2) is 0 Å². The van der Waals surface area contributed by atoms with Gasteiger partial charge in [0.25, 0.3) is 0 Å². The van der Waals surface area contributed by atoms with Crippen LogP contribution in [0.25, 0.3) is 0 Å². The van der Waals surface area contributed by atoms with Crippen molar-refractivity contribution in [2.75, 3.05) is 0 Å². The highest BCUT2D eigenvalue weighted by molar-refractivity contribution is 5.87. The molecular formula is C12H12N2O3. The molecule has 0 saturated carbocycles. The van der Waals surface area contributed by atoms with Crippen LogP contribution in [-0.4, -0.2) is 21.9 Å². The number of aromatic amines is 2. The van der Waals surface area contributed by atoms with Crippen molar-refractivity contribution in [2.45, 2.75) is 12.8 Å². The van der Waals surface area contributed by atoms with E-state index in [0.717, 1.165) is 11.4 Å². The highest BCUT2D eigenvalue weighted by atomic mass is 16.6. The maximum atomic E-state index is 11.4. The zero-order valence-corrected chi connectivity index (χ0v) is 9.10. The Balaban J connectivity index is 1.80. The van der Waals surface area contributed by atoms with E-state index in [1.54, 1.807) is 36.7 Å². The molecule has 0 saturated heterocycles. The number of hydrogen-bond acceptors (Lipinski definition) is 3. The van der Waals surface area contributed by atoms with Crippen LogP contribution >= 0.6 is 0 Å². The van der Waals surface area contributed by atoms with Crippen molar-refractivity contribution in [2.24, 2.45) is 0 Å². The maximum absolute atomic E-state index is 11.4. The highest BCUT2D eigenvalue weighted by Crippen LogP contribution is 2.01. The summed E-state index contributed by atoms with van der Waals surface area (Å²) in [6.45, 7) is 0. The molecule has 0 aliphatic heterocycles. The first-order chi connectivity index (χ1) is 8.24. The monoisotopic (exact) mass is 232 g/mol. The molecule has 5 heteroatoms. The molecular weight excluding hydrogens is 220 g/mol. The Morgan fingerprint density at radius 3 is 1.76 bits per heavy atom. The van der Waals surface area contributed by atoms with E-state index in [4.69, 9.17) is 0 Å². The Hall–Kier alpha value is -2.30. The van der Waals surface area contributed by atoms with Crippen LogP contribution in [0, 0.1) is 0 Å². The fraction of sp³-hybridized carbons (Fsp3) is 0.167. The molecule has 0 aliphatic carbocycles. The molecule has 0 bridgehead atoms. The first-order valence-electron chi connectivity index (χ1n) is 5.22. The molecule has 0 amide bonds. The predicted molar refractivity (Wildman–Crippen MR) is 60.1 cm³/mol. The van der Waals surface area contributed by atoms with Crippen LogP contribution in [0.5, 0.6) is 0 Å². The summed E-state index contributed by atoms with van der Waals surface area (Å²) in [7, 11) is 0. The van der Waals surface area contributed by atoms with Crippen molar-refractivity contribution in [3.05, 3.63) is 48.0 Å². The Morgan fingerprint density at radius 2 is 1.41 bits per heavy atom. The molecule has 0 radical (unpaired) electrons. The Bertz CT molecular complexity index is 440. The van der Waals surface area contributed by atoms with Gasteiger partial charge in [-0.1, -0.05) is 0 Å². The normalized spacial score (nSPS) is 10.1. The van der Waals surface area contributed by atoms with Crippen LogP contribution in [-0.2, 0) is 27.2 Å². The van der Waals surface area contributed by atoms with E-state index in [2.05, 4.69) is 14.7 Å². The molecule has 2 heterocycles. The lowest BCUT2D eigenvalue weighted by atomic mass is 10.3. The number of nitrogens with one attached hydrogen (secondary N) is 2. The molecule has 0 aliphatic rings. The molecule has 5 nitrogen and oxygen atoms in total. The predicted octanol–water partition coefficient (Wildman–Crippen LogP) is 1.20. The zero-order chi connectivity index (χ0) is 12.1. The summed E-state index contributed by atoms with van der Waals surface area (Å²) in [5.41, 5.74) is 1.45. The van der Waals surface area contributed by atoms with E-state index in [9.17, 15) is 9.59 Å². The lowest BCUT2D eigenvalue weighted by Gasteiger charge is -2.01. The Labute approximate surface area is 97.8 Å². The number of aromatic nitrogens is 2. The molecule has 2 aromatic rings. The van der Waals surface area contributed by atoms with Gasteiger partial charge in [-0.3, -0.25) is 9.59 Å². The average Bonchev–Trinajstić information content (AvgIpc) is 2.90. The van der Waals surface area contributed by atoms with Crippen LogP contribution in [0.3, 0.4) is 0 Å². The molecule has 2 rings (SSSR count). The van der Waals surface area contributed by atoms with Crippen LogP contribution in [0.4, 0.5) is 0 Å². The SMILES string of the molecule is O=C(Cc1ccc[nH]1)OC(=O)Cc1ccc[nH]1. The van der Waals surface area contributed by atoms with Gasteiger partial charge < -0.3 is 14.7 Å². The molecule has 2 aromatic heterocycles. The van der Waals surface area contributed by atoms with E-state index in [1.807, 2.05) is 0 Å². The minimum Gasteiger partial charge on any atom is -0.393 e. The molecule has 17 heavy (non-hydrogen) atoms. The van der Waals surface area contributed by atoms with E-state index in [0.29, 0.717) is 0 Å². The minimum absolute atomic E-state index is 0.0729. The van der Waals surface area contributed by atoms with Gasteiger partial charge in [0, 0.05) is 23.8 Å². The zero-order valence-electron chi connectivity index (χ0n) is 9.10. The van der Waals surface area contributed by atoms with E-state index >= 15 is 0 Å². The van der Waals surface area contributed by atoms with Gasteiger partial charge in [0.1, 0.15) is 0 Å². The Morgan fingerprint density at radius 1 is 0.941 bits per heavy atom.